The van der Waals surface area contributed by atoms with Crippen molar-refractivity contribution in [1.82, 2.24) is 20.4 Å². The molecule has 0 spiro atoms. The highest BCUT2D eigenvalue weighted by molar-refractivity contribution is 5.86. The molecule has 0 bridgehead atoms. The highest BCUT2D eigenvalue weighted by Gasteiger charge is 2.41. The van der Waals surface area contributed by atoms with Gasteiger partial charge in [0.15, 0.2) is 0 Å². The van der Waals surface area contributed by atoms with Gasteiger partial charge in [0.25, 0.3) is 0 Å². The van der Waals surface area contributed by atoms with Crippen LogP contribution in [0.1, 0.15) is 18.5 Å². The van der Waals surface area contributed by atoms with Crippen LogP contribution in [0, 0.1) is 0 Å². The van der Waals surface area contributed by atoms with E-state index in [2.05, 4.69) is 15.7 Å². The number of rotatable bonds is 4. The number of ether oxygens (including phenoxy) is 1. The number of amides is 2. The van der Waals surface area contributed by atoms with E-state index in [1.807, 2.05) is 0 Å². The van der Waals surface area contributed by atoms with Gasteiger partial charge in [-0.15, -0.1) is 0 Å². The molecule has 1 aromatic rings. The average molecular weight is 282 g/mol. The minimum Gasteiger partial charge on any atom is -0.480 e. The number of nitrogens with zero attached hydrogens (tertiary/aromatic N) is 2. The van der Waals surface area contributed by atoms with Gasteiger partial charge in [-0.25, -0.2) is 9.59 Å². The second kappa shape index (κ2) is 5.91. The third-order valence-corrected chi connectivity index (χ3v) is 3.31. The Labute approximate surface area is 116 Å². The number of aliphatic carboxylic acids is 1. The Kier molecular flexibility index (Phi) is 4.23. The Bertz CT molecular complexity index is 493. The number of nitrogens with one attached hydrogen (secondary N) is 2. The van der Waals surface area contributed by atoms with E-state index in [4.69, 9.17) is 4.74 Å². The maximum Gasteiger partial charge on any atom is 0.329 e. The van der Waals surface area contributed by atoms with Crippen LogP contribution in [0.15, 0.2) is 12.3 Å². The smallest absolute Gasteiger partial charge is 0.329 e. The van der Waals surface area contributed by atoms with Gasteiger partial charge in [0.2, 0.25) is 0 Å². The van der Waals surface area contributed by atoms with Gasteiger partial charge in [-0.2, -0.15) is 5.10 Å². The summed E-state index contributed by atoms with van der Waals surface area (Å²) in [6.45, 7) is 0.901. The number of carbonyl (C=O) groups excluding carboxylic acids is 1. The molecule has 1 aliphatic heterocycles. The van der Waals surface area contributed by atoms with E-state index in [0.717, 1.165) is 0 Å². The average Bonchev–Trinajstić information content (AvgIpc) is 2.83. The third-order valence-electron chi connectivity index (χ3n) is 3.31. The van der Waals surface area contributed by atoms with Crippen LogP contribution in [0.4, 0.5) is 4.79 Å². The number of carbonyl (C=O) groups is 2. The van der Waals surface area contributed by atoms with Crippen molar-refractivity contribution in [3.8, 4) is 0 Å². The fourth-order valence-corrected chi connectivity index (χ4v) is 2.10. The lowest BCUT2D eigenvalue weighted by Crippen LogP contribution is -2.59. The van der Waals surface area contributed by atoms with E-state index in [9.17, 15) is 14.7 Å². The standard InChI is InChI=1S/C12H18N4O4/c1-16-5-2-9(15-16)8-13-11(19)14-12(10(17)18)3-6-20-7-4-12/h2,5H,3-4,6-8H2,1H3,(H,17,18)(H2,13,14,19). The number of hydrogen-bond acceptors (Lipinski definition) is 4. The van der Waals surface area contributed by atoms with E-state index >= 15 is 0 Å². The number of aryl methyl sites for hydroxylation is 1. The summed E-state index contributed by atoms with van der Waals surface area (Å²) < 4.78 is 6.77. The van der Waals surface area contributed by atoms with Gasteiger partial charge >= 0.3 is 12.0 Å². The van der Waals surface area contributed by atoms with Crippen molar-refractivity contribution in [1.29, 1.82) is 0 Å². The highest BCUT2D eigenvalue weighted by Crippen LogP contribution is 2.20. The fraction of sp³-hybridized carbons (Fsp3) is 0.583. The summed E-state index contributed by atoms with van der Waals surface area (Å²) in [7, 11) is 1.78. The molecule has 0 saturated carbocycles. The van der Waals surface area contributed by atoms with Crippen molar-refractivity contribution in [2.45, 2.75) is 24.9 Å². The topological polar surface area (TPSA) is 105 Å². The molecule has 0 unspecified atom stereocenters. The minimum absolute atomic E-state index is 0.249. The monoisotopic (exact) mass is 282 g/mol. The quantitative estimate of drug-likeness (QED) is 0.712. The predicted molar refractivity (Wildman–Crippen MR) is 69.0 cm³/mol. The number of carboxylic acids is 1. The second-order valence-electron chi connectivity index (χ2n) is 4.79. The van der Waals surface area contributed by atoms with Gasteiger partial charge in [0.1, 0.15) is 5.54 Å². The Balaban J connectivity index is 1.90. The summed E-state index contributed by atoms with van der Waals surface area (Å²) in [5.41, 5.74) is -0.536. The van der Waals surface area contributed by atoms with Gasteiger partial charge in [0.05, 0.1) is 12.2 Å². The zero-order valence-electron chi connectivity index (χ0n) is 11.3. The molecule has 8 heteroatoms. The van der Waals surface area contributed by atoms with Crippen molar-refractivity contribution < 1.29 is 19.4 Å². The van der Waals surface area contributed by atoms with Gasteiger partial charge in [-0.05, 0) is 6.07 Å². The molecule has 2 rings (SSSR count). The summed E-state index contributed by atoms with van der Waals surface area (Å²) >= 11 is 0. The molecule has 110 valence electrons. The van der Waals surface area contributed by atoms with Crippen molar-refractivity contribution in [2.75, 3.05) is 13.2 Å². The molecule has 1 aromatic heterocycles. The molecule has 0 aliphatic carbocycles. The molecule has 0 radical (unpaired) electrons. The molecule has 3 N–H and O–H groups in total. The Morgan fingerprint density at radius 1 is 1.50 bits per heavy atom. The Morgan fingerprint density at radius 3 is 2.75 bits per heavy atom. The van der Waals surface area contributed by atoms with Crippen molar-refractivity contribution in [3.05, 3.63) is 18.0 Å². The minimum atomic E-state index is -1.24. The lowest BCUT2D eigenvalue weighted by atomic mass is 9.90. The van der Waals surface area contributed by atoms with E-state index in [1.54, 1.807) is 24.0 Å². The molecule has 1 aliphatic rings. The fourth-order valence-electron chi connectivity index (χ4n) is 2.10. The van der Waals surface area contributed by atoms with Crippen LogP contribution in [0.5, 0.6) is 0 Å². The normalized spacial score (nSPS) is 17.4. The molecule has 8 nitrogen and oxygen atoms in total. The van der Waals surface area contributed by atoms with Gasteiger partial charge < -0.3 is 20.5 Å². The summed E-state index contributed by atoms with van der Waals surface area (Å²) in [4.78, 5) is 23.2. The van der Waals surface area contributed by atoms with E-state index < -0.39 is 17.5 Å². The zero-order valence-corrected chi connectivity index (χ0v) is 11.3. The predicted octanol–water partition coefficient (Wildman–Crippen LogP) is -0.147. The summed E-state index contributed by atoms with van der Waals surface area (Å²) in [5.74, 6) is -1.03. The lowest BCUT2D eigenvalue weighted by Gasteiger charge is -2.33. The van der Waals surface area contributed by atoms with E-state index in [1.165, 1.54) is 0 Å². The SMILES string of the molecule is Cn1ccc(CNC(=O)NC2(C(=O)O)CCOCC2)n1. The first-order valence-electron chi connectivity index (χ1n) is 6.37. The van der Waals surface area contributed by atoms with Crippen LogP contribution < -0.4 is 10.6 Å². The number of aromatic nitrogens is 2. The van der Waals surface area contributed by atoms with Gasteiger partial charge in [-0.3, -0.25) is 4.68 Å². The van der Waals surface area contributed by atoms with Crippen LogP contribution in [0.25, 0.3) is 0 Å². The largest absolute Gasteiger partial charge is 0.480 e. The molecule has 2 heterocycles. The van der Waals surface area contributed by atoms with Gasteiger partial charge in [-0.1, -0.05) is 0 Å². The van der Waals surface area contributed by atoms with Gasteiger partial charge in [0, 0.05) is 39.3 Å². The molecule has 1 saturated heterocycles. The first kappa shape index (κ1) is 14.3. The van der Waals surface area contributed by atoms with E-state index in [-0.39, 0.29) is 19.4 Å². The van der Waals surface area contributed by atoms with Crippen LogP contribution in [-0.2, 0) is 23.1 Å². The maximum absolute atomic E-state index is 11.8. The summed E-state index contributed by atoms with van der Waals surface area (Å²) in [6.07, 6.45) is 2.30. The molecule has 0 aromatic carbocycles. The second-order valence-corrected chi connectivity index (χ2v) is 4.79. The number of urea groups is 1. The highest BCUT2D eigenvalue weighted by atomic mass is 16.5. The first-order valence-corrected chi connectivity index (χ1v) is 6.37. The number of hydrogen-bond donors (Lipinski definition) is 3. The van der Waals surface area contributed by atoms with Crippen molar-refractivity contribution in [3.63, 3.8) is 0 Å². The maximum atomic E-state index is 11.8. The van der Waals surface area contributed by atoms with Crippen LogP contribution >= 0.6 is 0 Å². The third kappa shape index (κ3) is 3.27. The van der Waals surface area contributed by atoms with E-state index in [0.29, 0.717) is 18.9 Å². The molecule has 0 atom stereocenters. The molecular weight excluding hydrogens is 264 g/mol. The van der Waals surface area contributed by atoms with Crippen molar-refractivity contribution >= 4 is 12.0 Å². The first-order chi connectivity index (χ1) is 9.52. The van der Waals surface area contributed by atoms with Crippen LogP contribution in [0.3, 0.4) is 0 Å². The summed E-state index contributed by atoms with van der Waals surface area (Å²) in [6, 6.07) is 1.27. The van der Waals surface area contributed by atoms with Crippen LogP contribution in [-0.4, -0.2) is 45.6 Å². The Morgan fingerprint density at radius 2 is 2.20 bits per heavy atom. The molecule has 2 amide bonds. The molecular formula is C12H18N4O4. The number of carboxylic acid groups (broad SMARTS) is 1. The zero-order chi connectivity index (χ0) is 14.6. The van der Waals surface area contributed by atoms with Crippen LogP contribution in [0.2, 0.25) is 0 Å². The lowest BCUT2D eigenvalue weighted by molar-refractivity contribution is -0.148. The van der Waals surface area contributed by atoms with Crippen molar-refractivity contribution in [2.24, 2.45) is 7.05 Å². The molecule has 20 heavy (non-hydrogen) atoms. The Hall–Kier alpha value is -2.09. The molecule has 1 fully saturated rings. The summed E-state index contributed by atoms with van der Waals surface area (Å²) in [5, 5.41) is 18.6.